The molecule has 0 aliphatic heterocycles. The van der Waals surface area contributed by atoms with E-state index in [2.05, 4.69) is 10.3 Å². The number of nitrogen functional groups attached to an aromatic ring is 1. The van der Waals surface area contributed by atoms with Gasteiger partial charge in [0.15, 0.2) is 0 Å². The first-order valence-corrected chi connectivity index (χ1v) is 5.42. The highest BCUT2D eigenvalue weighted by Crippen LogP contribution is 2.20. The molecule has 1 aromatic carbocycles. The number of aromatic nitrogens is 1. The fourth-order valence-corrected chi connectivity index (χ4v) is 1.56. The van der Waals surface area contributed by atoms with E-state index in [9.17, 15) is 9.18 Å². The molecule has 1 heterocycles. The third-order valence-corrected chi connectivity index (χ3v) is 2.49. The highest BCUT2D eigenvalue weighted by Gasteiger charge is 2.12. The van der Waals surface area contributed by atoms with Crippen LogP contribution < -0.4 is 11.1 Å². The molecule has 0 spiro atoms. The highest BCUT2D eigenvalue weighted by molar-refractivity contribution is 6.31. The number of carbonyl (C=O) groups excluding carboxylic acids is 1. The van der Waals surface area contributed by atoms with Crippen molar-refractivity contribution in [2.45, 2.75) is 0 Å². The predicted molar refractivity (Wildman–Crippen MR) is 68.0 cm³/mol. The number of nitrogens with zero attached hydrogens (tertiary/aromatic N) is 1. The van der Waals surface area contributed by atoms with Gasteiger partial charge in [-0.1, -0.05) is 11.6 Å². The Balaban J connectivity index is 2.27. The standard InChI is InChI=1S/C12H9ClFN3O/c13-7-3-4-9(14)10(6-7)17-12(18)8-2-1-5-16-11(8)15/h1-6H,(H2,15,16)(H,17,18). The second-order valence-corrected chi connectivity index (χ2v) is 3.95. The lowest BCUT2D eigenvalue weighted by Gasteiger charge is -2.07. The van der Waals surface area contributed by atoms with Crippen LogP contribution in [0.3, 0.4) is 0 Å². The molecular formula is C12H9ClFN3O. The molecule has 92 valence electrons. The first kappa shape index (κ1) is 12.3. The molecule has 0 atom stereocenters. The van der Waals surface area contributed by atoms with Crippen molar-refractivity contribution < 1.29 is 9.18 Å². The molecule has 4 nitrogen and oxygen atoms in total. The van der Waals surface area contributed by atoms with E-state index in [1.807, 2.05) is 0 Å². The highest BCUT2D eigenvalue weighted by atomic mass is 35.5. The number of nitrogens with two attached hydrogens (primary N) is 1. The van der Waals surface area contributed by atoms with Crippen molar-refractivity contribution in [3.05, 3.63) is 52.9 Å². The summed E-state index contributed by atoms with van der Waals surface area (Å²) in [4.78, 5) is 15.6. The summed E-state index contributed by atoms with van der Waals surface area (Å²) < 4.78 is 13.4. The zero-order valence-corrected chi connectivity index (χ0v) is 9.91. The first-order chi connectivity index (χ1) is 8.58. The lowest BCUT2D eigenvalue weighted by atomic mass is 10.2. The third kappa shape index (κ3) is 2.57. The van der Waals surface area contributed by atoms with Crippen LogP contribution >= 0.6 is 11.6 Å². The van der Waals surface area contributed by atoms with Crippen molar-refractivity contribution in [3.63, 3.8) is 0 Å². The van der Waals surface area contributed by atoms with Gasteiger partial charge in [0.25, 0.3) is 5.91 Å². The molecule has 1 amide bonds. The molecule has 1 aromatic heterocycles. The van der Waals surface area contributed by atoms with Crippen molar-refractivity contribution in [2.24, 2.45) is 0 Å². The number of anilines is 2. The van der Waals surface area contributed by atoms with Crippen molar-refractivity contribution in [2.75, 3.05) is 11.1 Å². The molecule has 0 aliphatic carbocycles. The zero-order chi connectivity index (χ0) is 13.1. The summed E-state index contributed by atoms with van der Waals surface area (Å²) >= 11 is 5.72. The predicted octanol–water partition coefficient (Wildman–Crippen LogP) is 2.71. The maximum atomic E-state index is 13.4. The number of amides is 1. The molecule has 0 radical (unpaired) electrons. The van der Waals surface area contributed by atoms with Crippen LogP contribution in [0.1, 0.15) is 10.4 Å². The summed E-state index contributed by atoms with van der Waals surface area (Å²) in [6.07, 6.45) is 1.46. The number of hydrogen-bond donors (Lipinski definition) is 2. The van der Waals surface area contributed by atoms with E-state index in [1.165, 1.54) is 30.5 Å². The number of pyridine rings is 1. The van der Waals surface area contributed by atoms with Crippen LogP contribution in [0, 0.1) is 5.82 Å². The maximum Gasteiger partial charge on any atom is 0.259 e. The molecule has 0 unspecified atom stereocenters. The van der Waals surface area contributed by atoms with Crippen LogP contribution in [-0.4, -0.2) is 10.9 Å². The number of benzene rings is 1. The molecule has 0 fully saturated rings. The average Bonchev–Trinajstić information content (AvgIpc) is 2.34. The summed E-state index contributed by atoms with van der Waals surface area (Å²) in [5, 5.41) is 2.71. The van der Waals surface area contributed by atoms with E-state index in [-0.39, 0.29) is 17.1 Å². The number of halogens is 2. The second kappa shape index (κ2) is 5.01. The van der Waals surface area contributed by atoms with Gasteiger partial charge in [-0.15, -0.1) is 0 Å². The Hall–Kier alpha value is -2.14. The zero-order valence-electron chi connectivity index (χ0n) is 9.15. The van der Waals surface area contributed by atoms with Crippen LogP contribution in [-0.2, 0) is 0 Å². The molecule has 2 aromatic rings. The molecule has 3 N–H and O–H groups in total. The lowest BCUT2D eigenvalue weighted by Crippen LogP contribution is -2.15. The minimum Gasteiger partial charge on any atom is -0.383 e. The van der Waals surface area contributed by atoms with E-state index in [0.717, 1.165) is 0 Å². The van der Waals surface area contributed by atoms with Gasteiger partial charge in [-0.3, -0.25) is 4.79 Å². The number of hydrogen-bond acceptors (Lipinski definition) is 3. The Kier molecular flexibility index (Phi) is 3.43. The Labute approximate surface area is 108 Å². The number of carbonyl (C=O) groups is 1. The maximum absolute atomic E-state index is 13.4. The smallest absolute Gasteiger partial charge is 0.259 e. The molecular weight excluding hydrogens is 257 g/mol. The molecule has 0 saturated heterocycles. The van der Waals surface area contributed by atoms with E-state index in [1.54, 1.807) is 6.07 Å². The fourth-order valence-electron chi connectivity index (χ4n) is 1.39. The number of rotatable bonds is 2. The number of nitrogens with one attached hydrogen (secondary N) is 1. The minimum atomic E-state index is -0.574. The van der Waals surface area contributed by atoms with Gasteiger partial charge in [-0.2, -0.15) is 0 Å². The van der Waals surface area contributed by atoms with Crippen LogP contribution in [0.15, 0.2) is 36.5 Å². The van der Waals surface area contributed by atoms with Gasteiger partial charge < -0.3 is 11.1 Å². The van der Waals surface area contributed by atoms with Crippen LogP contribution in [0.25, 0.3) is 0 Å². The summed E-state index contributed by atoms with van der Waals surface area (Å²) in [6, 6.07) is 6.95. The summed E-state index contributed by atoms with van der Waals surface area (Å²) in [5.74, 6) is -1.03. The Morgan fingerprint density at radius 1 is 1.39 bits per heavy atom. The van der Waals surface area contributed by atoms with Gasteiger partial charge in [0.2, 0.25) is 0 Å². The molecule has 0 aliphatic rings. The Morgan fingerprint density at radius 2 is 2.17 bits per heavy atom. The third-order valence-electron chi connectivity index (χ3n) is 2.26. The van der Waals surface area contributed by atoms with E-state index < -0.39 is 11.7 Å². The van der Waals surface area contributed by atoms with Gasteiger partial charge in [-0.25, -0.2) is 9.37 Å². The van der Waals surface area contributed by atoms with Crippen molar-refractivity contribution in [3.8, 4) is 0 Å². The van der Waals surface area contributed by atoms with Crippen LogP contribution in [0.5, 0.6) is 0 Å². The molecule has 2 rings (SSSR count). The molecule has 0 bridgehead atoms. The van der Waals surface area contributed by atoms with Gasteiger partial charge in [0, 0.05) is 11.2 Å². The van der Waals surface area contributed by atoms with Gasteiger partial charge in [0.05, 0.1) is 11.3 Å². The van der Waals surface area contributed by atoms with Crippen LogP contribution in [0.4, 0.5) is 15.9 Å². The quantitative estimate of drug-likeness (QED) is 0.877. The van der Waals surface area contributed by atoms with E-state index >= 15 is 0 Å². The largest absolute Gasteiger partial charge is 0.383 e. The lowest BCUT2D eigenvalue weighted by molar-refractivity contribution is 0.102. The van der Waals surface area contributed by atoms with Crippen molar-refractivity contribution in [1.29, 1.82) is 0 Å². The normalized spacial score (nSPS) is 10.1. The summed E-state index contributed by atoms with van der Waals surface area (Å²) in [7, 11) is 0. The monoisotopic (exact) mass is 265 g/mol. The molecule has 18 heavy (non-hydrogen) atoms. The Morgan fingerprint density at radius 3 is 2.89 bits per heavy atom. The fraction of sp³-hybridized carbons (Fsp3) is 0. The van der Waals surface area contributed by atoms with Gasteiger partial charge in [-0.05, 0) is 30.3 Å². The van der Waals surface area contributed by atoms with Crippen molar-refractivity contribution >= 4 is 29.0 Å². The second-order valence-electron chi connectivity index (χ2n) is 3.51. The van der Waals surface area contributed by atoms with Crippen LogP contribution in [0.2, 0.25) is 5.02 Å². The SMILES string of the molecule is Nc1ncccc1C(=O)Nc1cc(Cl)ccc1F. The first-order valence-electron chi connectivity index (χ1n) is 5.05. The molecule has 6 heteroatoms. The summed E-state index contributed by atoms with van der Waals surface area (Å²) in [5.41, 5.74) is 5.73. The Bertz CT molecular complexity index is 604. The van der Waals surface area contributed by atoms with Gasteiger partial charge in [0.1, 0.15) is 11.6 Å². The topological polar surface area (TPSA) is 68.0 Å². The van der Waals surface area contributed by atoms with E-state index in [0.29, 0.717) is 5.02 Å². The van der Waals surface area contributed by atoms with Crippen molar-refractivity contribution in [1.82, 2.24) is 4.98 Å². The average molecular weight is 266 g/mol. The molecule has 0 saturated carbocycles. The van der Waals surface area contributed by atoms with E-state index in [4.69, 9.17) is 17.3 Å². The minimum absolute atomic E-state index is 0.00393. The summed E-state index contributed by atoms with van der Waals surface area (Å²) in [6.45, 7) is 0. The van der Waals surface area contributed by atoms with Gasteiger partial charge >= 0.3 is 0 Å².